The first-order valence-electron chi connectivity index (χ1n) is 26.3. The minimum absolute atomic E-state index is 0.0153. The molecule has 2 aromatic rings. The van der Waals surface area contributed by atoms with Gasteiger partial charge < -0.3 is 54.8 Å². The number of thioether (sulfide) groups is 1. The summed E-state index contributed by atoms with van der Waals surface area (Å²) in [7, 11) is 1.59. The van der Waals surface area contributed by atoms with Crippen LogP contribution in [0.5, 0.6) is 5.75 Å². The predicted octanol–water partition coefficient (Wildman–Crippen LogP) is 7.71. The van der Waals surface area contributed by atoms with Crippen molar-refractivity contribution in [2.24, 2.45) is 23.7 Å². The molecule has 0 heterocycles. The molecule has 18 nitrogen and oxygen atoms in total. The Balaban J connectivity index is 0.000000561. The summed E-state index contributed by atoms with van der Waals surface area (Å²) in [6.07, 6.45) is 10.0. The van der Waals surface area contributed by atoms with Crippen molar-refractivity contribution in [3.8, 4) is 22.9 Å². The molecule has 5 N–H and O–H groups in total. The maximum atomic E-state index is 12.4. The fourth-order valence-electron chi connectivity index (χ4n) is 8.01. The number of aliphatic hydroxyl groups is 1. The molecule has 5 atom stereocenters. The molecule has 0 aromatic heterocycles. The van der Waals surface area contributed by atoms with Crippen molar-refractivity contribution in [3.05, 3.63) is 78.4 Å². The smallest absolute Gasteiger partial charge is 0.407 e. The second-order valence-corrected chi connectivity index (χ2v) is 20.0. The fourth-order valence-corrected chi connectivity index (χ4v) is 8.86. The van der Waals surface area contributed by atoms with Crippen molar-refractivity contribution < 1.29 is 62.3 Å². The number of nitrogens with zero attached hydrogens (tertiary/aromatic N) is 1. The van der Waals surface area contributed by atoms with Gasteiger partial charge in [-0.15, -0.1) is 0 Å². The quantitative estimate of drug-likeness (QED) is 0.0165. The Kier molecular flexibility index (Phi) is 37.0. The van der Waals surface area contributed by atoms with E-state index in [9.17, 15) is 33.9 Å². The molecule has 2 aliphatic rings. The second-order valence-electron chi connectivity index (χ2n) is 18.9. The van der Waals surface area contributed by atoms with Gasteiger partial charge in [-0.25, -0.2) is 14.4 Å². The molecule has 424 valence electrons. The molecule has 76 heavy (non-hydrogen) atoms. The van der Waals surface area contributed by atoms with Gasteiger partial charge in [-0.2, -0.15) is 17.0 Å². The topological polar surface area (TPSA) is 250 Å². The zero-order chi connectivity index (χ0) is 56.6. The SMILES string of the molecule is C=C(C)C(=O)OCCOC(=O)NCC1CCCC(CNC=O)C1.C=C(C)C(=O)OCCOC(C)(C)C(=O)NCC1CCCC(CNC=O)C1.CC.COCC(O)CSCCCOc1ccc(-c2ccc(C#N)cc2)cc1. The minimum Gasteiger partial charge on any atom is -0.494 e. The zero-order valence-corrected chi connectivity index (χ0v) is 46.9. The van der Waals surface area contributed by atoms with Gasteiger partial charge in [-0.1, -0.05) is 64.1 Å². The van der Waals surface area contributed by atoms with Gasteiger partial charge in [-0.3, -0.25) is 14.4 Å². The number of alkyl carbamates (subject to hydrolysis) is 1. The molecule has 0 bridgehead atoms. The van der Waals surface area contributed by atoms with E-state index in [-0.39, 0.29) is 32.3 Å². The van der Waals surface area contributed by atoms with Crippen LogP contribution in [0.3, 0.4) is 0 Å². The molecule has 4 amide bonds. The lowest BCUT2D eigenvalue weighted by atomic mass is 9.81. The van der Waals surface area contributed by atoms with Crippen LogP contribution in [0.1, 0.15) is 105 Å². The van der Waals surface area contributed by atoms with Gasteiger partial charge in [0.2, 0.25) is 12.8 Å². The van der Waals surface area contributed by atoms with Crippen molar-refractivity contribution in [1.82, 2.24) is 21.3 Å². The molecule has 0 saturated heterocycles. The number of aliphatic hydroxyl groups excluding tert-OH is 1. The summed E-state index contributed by atoms with van der Waals surface area (Å²) in [5, 5.41) is 29.5. The largest absolute Gasteiger partial charge is 0.494 e. The Labute approximate surface area is 456 Å². The van der Waals surface area contributed by atoms with Crippen LogP contribution in [-0.2, 0) is 47.7 Å². The summed E-state index contributed by atoms with van der Waals surface area (Å²) >= 11 is 1.71. The molecule has 2 aliphatic carbocycles. The molecule has 2 saturated carbocycles. The molecule has 0 spiro atoms. The van der Waals surface area contributed by atoms with Crippen LogP contribution in [0.15, 0.2) is 72.8 Å². The number of esters is 2. The monoisotopic (exact) mass is 1080 g/mol. The molecule has 0 radical (unpaired) electrons. The molecule has 5 unspecified atom stereocenters. The average Bonchev–Trinajstić information content (AvgIpc) is 3.43. The van der Waals surface area contributed by atoms with E-state index >= 15 is 0 Å². The number of hydrogen-bond donors (Lipinski definition) is 5. The number of ether oxygens (including phenoxy) is 6. The average molecular weight is 1080 g/mol. The van der Waals surface area contributed by atoms with Crippen molar-refractivity contribution in [2.45, 2.75) is 111 Å². The van der Waals surface area contributed by atoms with Crippen molar-refractivity contribution in [2.75, 3.05) is 84.4 Å². The molecular formula is C57H87N5O13S. The maximum absolute atomic E-state index is 12.4. The third kappa shape index (κ3) is 31.2. The van der Waals surface area contributed by atoms with E-state index in [2.05, 4.69) is 40.5 Å². The number of rotatable bonds is 30. The summed E-state index contributed by atoms with van der Waals surface area (Å²) < 4.78 is 30.9. The Hall–Kier alpha value is -5.94. The first kappa shape index (κ1) is 68.1. The lowest BCUT2D eigenvalue weighted by molar-refractivity contribution is -0.149. The summed E-state index contributed by atoms with van der Waals surface area (Å²) in [5.41, 5.74) is 2.48. The second kappa shape index (κ2) is 41.3. The first-order valence-corrected chi connectivity index (χ1v) is 27.5. The van der Waals surface area contributed by atoms with Crippen LogP contribution in [0.25, 0.3) is 11.1 Å². The van der Waals surface area contributed by atoms with Gasteiger partial charge in [0.25, 0.3) is 5.91 Å². The van der Waals surface area contributed by atoms with Crippen molar-refractivity contribution >= 4 is 48.5 Å². The lowest BCUT2D eigenvalue weighted by Crippen LogP contribution is -2.46. The van der Waals surface area contributed by atoms with Gasteiger partial charge >= 0.3 is 18.0 Å². The van der Waals surface area contributed by atoms with Gasteiger partial charge in [-0.05, 0) is 137 Å². The van der Waals surface area contributed by atoms with E-state index in [0.717, 1.165) is 93.2 Å². The fraction of sp³-hybridized carbons (Fsp3) is 0.596. The van der Waals surface area contributed by atoms with Crippen LogP contribution in [0.2, 0.25) is 0 Å². The third-order valence-electron chi connectivity index (χ3n) is 12.0. The minimum atomic E-state index is -0.997. The summed E-state index contributed by atoms with van der Waals surface area (Å²) in [4.78, 5) is 67.1. The summed E-state index contributed by atoms with van der Waals surface area (Å²) in [5.74, 6) is 3.10. The standard InChI is InChI=1S/C20H23NO3S.C19H32N2O5.C16H26N2O5.C2H6/c1-23-14-19(22)15-25-12-2-11-24-20-9-7-18(8-10-20)17-5-3-16(13-21)4-6-17;1-14(2)17(23)25-8-9-26-19(3,4)18(24)21-12-16-7-5-6-15(10-16)11-20-13-22;1-12(2)15(20)22-6-7-23-16(21)18-10-14-5-3-4-13(8-14)9-17-11-19;1-2/h3-10,19,22H,2,11-12,14-15H2,1H3;13,15-16H,1,5-12H2,2-4H3,(H,20,22)(H,21,24);11,13-14H,1,3-10H2,2H3,(H,17,19)(H,18,21);1-2H3. The Bertz CT molecular complexity index is 2050. The van der Waals surface area contributed by atoms with E-state index < -0.39 is 29.7 Å². The van der Waals surface area contributed by atoms with Crippen LogP contribution in [0, 0.1) is 35.0 Å². The lowest BCUT2D eigenvalue weighted by Gasteiger charge is -2.30. The van der Waals surface area contributed by atoms with Crippen LogP contribution in [0.4, 0.5) is 4.79 Å². The molecule has 2 fully saturated rings. The zero-order valence-electron chi connectivity index (χ0n) is 46.1. The van der Waals surface area contributed by atoms with E-state index in [4.69, 9.17) is 33.7 Å². The molecule has 19 heteroatoms. The highest BCUT2D eigenvalue weighted by Crippen LogP contribution is 2.29. The van der Waals surface area contributed by atoms with Crippen LogP contribution < -0.4 is 26.0 Å². The Morgan fingerprint density at radius 2 is 1.21 bits per heavy atom. The van der Waals surface area contributed by atoms with E-state index in [1.165, 1.54) is 0 Å². The molecule has 4 rings (SSSR count). The highest BCUT2D eigenvalue weighted by Gasteiger charge is 2.30. The summed E-state index contributed by atoms with van der Waals surface area (Å²) in [6.45, 7) is 21.3. The third-order valence-corrected chi connectivity index (χ3v) is 13.2. The Morgan fingerprint density at radius 1 is 0.737 bits per heavy atom. The van der Waals surface area contributed by atoms with Gasteiger partial charge in [0, 0.05) is 50.2 Å². The number of hydrogen-bond acceptors (Lipinski definition) is 15. The first-order chi connectivity index (χ1) is 36.5. The molecule has 2 aromatic carbocycles. The van der Waals surface area contributed by atoms with Gasteiger partial charge in [0.05, 0.1) is 37.6 Å². The number of amides is 4. The van der Waals surface area contributed by atoms with Crippen molar-refractivity contribution in [1.29, 1.82) is 5.26 Å². The van der Waals surface area contributed by atoms with Crippen molar-refractivity contribution in [3.63, 3.8) is 0 Å². The van der Waals surface area contributed by atoms with Gasteiger partial charge in [0.15, 0.2) is 0 Å². The number of nitrogens with one attached hydrogen (secondary N) is 4. The summed E-state index contributed by atoms with van der Waals surface area (Å²) in [6, 6.07) is 17.6. The van der Waals surface area contributed by atoms with E-state index in [1.54, 1.807) is 46.6 Å². The highest BCUT2D eigenvalue weighted by atomic mass is 32.2. The van der Waals surface area contributed by atoms with Gasteiger partial charge in [0.1, 0.15) is 31.2 Å². The maximum Gasteiger partial charge on any atom is 0.407 e. The molecular weight excluding hydrogens is 995 g/mol. The number of methoxy groups -OCH3 is 1. The number of benzene rings is 2. The molecule has 0 aliphatic heterocycles. The number of nitriles is 1. The normalized spacial score (nSPS) is 16.9. The highest BCUT2D eigenvalue weighted by molar-refractivity contribution is 7.99. The Morgan fingerprint density at radius 3 is 1.70 bits per heavy atom. The van der Waals surface area contributed by atoms with Crippen LogP contribution >= 0.6 is 11.8 Å². The van der Waals surface area contributed by atoms with Crippen LogP contribution in [-0.4, -0.2) is 138 Å². The number of carbonyl (C=O) groups is 6. The predicted molar refractivity (Wildman–Crippen MR) is 296 cm³/mol. The van der Waals surface area contributed by atoms with E-state index in [0.29, 0.717) is 85.5 Å². The van der Waals surface area contributed by atoms with E-state index in [1.807, 2.05) is 62.4 Å². The number of carbonyl (C=O) groups excluding carboxylic acids is 6.